The van der Waals surface area contributed by atoms with Gasteiger partial charge in [-0.3, -0.25) is 4.79 Å². The average molecular weight is 286 g/mol. The highest BCUT2D eigenvalue weighted by Crippen LogP contribution is 2.39. The van der Waals surface area contributed by atoms with Gasteiger partial charge in [0.2, 0.25) is 0 Å². The van der Waals surface area contributed by atoms with Crippen LogP contribution in [0.5, 0.6) is 0 Å². The first-order valence-corrected chi connectivity index (χ1v) is 7.35. The average Bonchev–Trinajstić information content (AvgIpc) is 3.19. The summed E-state index contributed by atoms with van der Waals surface area (Å²) in [4.78, 5) is 18.6. The second-order valence-electron chi connectivity index (χ2n) is 6.14. The number of hydrogen-bond acceptors (Lipinski definition) is 5. The fourth-order valence-electron chi connectivity index (χ4n) is 3.39. The summed E-state index contributed by atoms with van der Waals surface area (Å²) < 4.78 is 7.23. The van der Waals surface area contributed by atoms with E-state index in [-0.39, 0.29) is 5.78 Å². The van der Waals surface area contributed by atoms with Crippen LogP contribution < -0.4 is 4.90 Å². The molecule has 1 atom stereocenters. The van der Waals surface area contributed by atoms with Gasteiger partial charge in [0.25, 0.3) is 0 Å². The summed E-state index contributed by atoms with van der Waals surface area (Å²) in [6.07, 6.45) is 5.75. The van der Waals surface area contributed by atoms with Crippen LogP contribution in [0.4, 0.5) is 5.82 Å². The van der Waals surface area contributed by atoms with Gasteiger partial charge in [-0.2, -0.15) is 5.10 Å². The zero-order valence-electron chi connectivity index (χ0n) is 12.1. The number of hydrogen-bond donors (Lipinski definition) is 0. The van der Waals surface area contributed by atoms with E-state index in [9.17, 15) is 4.79 Å². The molecule has 0 saturated carbocycles. The van der Waals surface area contributed by atoms with Crippen LogP contribution in [0.3, 0.4) is 0 Å². The third kappa shape index (κ3) is 2.01. The minimum Gasteiger partial charge on any atom is -0.381 e. The summed E-state index contributed by atoms with van der Waals surface area (Å²) in [7, 11) is 0. The van der Waals surface area contributed by atoms with Gasteiger partial charge >= 0.3 is 0 Å². The highest BCUT2D eigenvalue weighted by molar-refractivity contribution is 5.99. The topological polar surface area (TPSA) is 59.7 Å². The normalized spacial score (nSPS) is 25.3. The molecule has 2 saturated heterocycles. The van der Waals surface area contributed by atoms with Gasteiger partial charge in [-0.1, -0.05) is 0 Å². The van der Waals surface area contributed by atoms with Crippen LogP contribution in [0.25, 0.3) is 5.65 Å². The predicted octanol–water partition coefficient (Wildman–Crippen LogP) is 1.55. The first-order valence-electron chi connectivity index (χ1n) is 7.35. The molecule has 2 aliphatic rings. The van der Waals surface area contributed by atoms with E-state index in [1.807, 2.05) is 12.3 Å². The Bertz CT molecular complexity index is 703. The highest BCUT2D eigenvalue weighted by Gasteiger charge is 2.41. The molecule has 6 nitrogen and oxygen atoms in total. The van der Waals surface area contributed by atoms with Crippen molar-refractivity contribution in [2.45, 2.75) is 19.8 Å². The Labute approximate surface area is 122 Å². The van der Waals surface area contributed by atoms with E-state index in [0.717, 1.165) is 45.0 Å². The van der Waals surface area contributed by atoms with Gasteiger partial charge < -0.3 is 9.64 Å². The monoisotopic (exact) mass is 286 g/mol. The van der Waals surface area contributed by atoms with Crippen molar-refractivity contribution in [2.24, 2.45) is 5.41 Å². The second kappa shape index (κ2) is 4.53. The SMILES string of the molecule is CC(=O)c1cnn2ccc(N3CC[C@@]4(CCOC4)C3)nc12. The van der Waals surface area contributed by atoms with Crippen molar-refractivity contribution in [2.75, 3.05) is 31.2 Å². The van der Waals surface area contributed by atoms with Gasteiger partial charge in [-0.25, -0.2) is 9.50 Å². The molecule has 2 fully saturated rings. The zero-order chi connectivity index (χ0) is 14.4. The molecular weight excluding hydrogens is 268 g/mol. The summed E-state index contributed by atoms with van der Waals surface area (Å²) in [5.41, 5.74) is 1.52. The Morgan fingerprint density at radius 1 is 1.43 bits per heavy atom. The van der Waals surface area contributed by atoms with E-state index in [1.165, 1.54) is 0 Å². The lowest BCUT2D eigenvalue weighted by molar-refractivity contribution is 0.101. The Hall–Kier alpha value is -1.95. The van der Waals surface area contributed by atoms with Crippen LogP contribution in [-0.2, 0) is 4.74 Å². The molecule has 0 amide bonds. The first kappa shape index (κ1) is 12.8. The van der Waals surface area contributed by atoms with E-state index in [2.05, 4.69) is 15.0 Å². The molecule has 0 aliphatic carbocycles. The molecular formula is C15H18N4O2. The number of ether oxygens (including phenoxy) is 1. The van der Waals surface area contributed by atoms with E-state index in [4.69, 9.17) is 4.74 Å². The first-order chi connectivity index (χ1) is 10.2. The van der Waals surface area contributed by atoms with Gasteiger partial charge in [0.05, 0.1) is 18.4 Å². The number of fused-ring (bicyclic) bond motifs is 1. The maximum atomic E-state index is 11.6. The van der Waals surface area contributed by atoms with Crippen molar-refractivity contribution in [3.63, 3.8) is 0 Å². The number of nitrogens with zero attached hydrogens (tertiary/aromatic N) is 4. The van der Waals surface area contributed by atoms with Crippen molar-refractivity contribution in [3.8, 4) is 0 Å². The number of carbonyl (C=O) groups excluding carboxylic acids is 1. The minimum atomic E-state index is -0.00302. The van der Waals surface area contributed by atoms with Crippen molar-refractivity contribution < 1.29 is 9.53 Å². The maximum absolute atomic E-state index is 11.6. The molecule has 110 valence electrons. The van der Waals surface area contributed by atoms with Crippen LogP contribution >= 0.6 is 0 Å². The molecule has 2 aromatic heterocycles. The lowest BCUT2D eigenvalue weighted by atomic mass is 9.87. The number of rotatable bonds is 2. The van der Waals surface area contributed by atoms with Crippen molar-refractivity contribution >= 4 is 17.2 Å². The highest BCUT2D eigenvalue weighted by atomic mass is 16.5. The molecule has 0 N–H and O–H groups in total. The Morgan fingerprint density at radius 2 is 2.33 bits per heavy atom. The van der Waals surface area contributed by atoms with E-state index in [0.29, 0.717) is 16.6 Å². The van der Waals surface area contributed by atoms with E-state index < -0.39 is 0 Å². The summed E-state index contributed by atoms with van der Waals surface area (Å²) in [6, 6.07) is 1.97. The van der Waals surface area contributed by atoms with Gasteiger partial charge in [0.15, 0.2) is 11.4 Å². The van der Waals surface area contributed by atoms with Crippen molar-refractivity contribution in [1.29, 1.82) is 0 Å². The van der Waals surface area contributed by atoms with Gasteiger partial charge in [-0.15, -0.1) is 0 Å². The van der Waals surface area contributed by atoms with Gasteiger partial charge in [0, 0.05) is 31.3 Å². The smallest absolute Gasteiger partial charge is 0.168 e. The fraction of sp³-hybridized carbons (Fsp3) is 0.533. The van der Waals surface area contributed by atoms with Gasteiger partial charge in [0.1, 0.15) is 5.82 Å². The van der Waals surface area contributed by atoms with Crippen LogP contribution in [0.2, 0.25) is 0 Å². The molecule has 2 aromatic rings. The van der Waals surface area contributed by atoms with Crippen LogP contribution in [-0.4, -0.2) is 46.7 Å². The molecule has 4 rings (SSSR count). The molecule has 0 unspecified atom stereocenters. The summed E-state index contributed by atoms with van der Waals surface area (Å²) in [5.74, 6) is 0.922. The second-order valence-corrected chi connectivity index (χ2v) is 6.14. The standard InChI is InChI=1S/C15H18N4O2/c1-11(20)12-8-16-19-5-2-13(17-14(12)19)18-6-3-15(9-18)4-7-21-10-15/h2,5,8H,3-4,6-7,9-10H2,1H3/t15-/m1/s1. The van der Waals surface area contributed by atoms with Crippen molar-refractivity contribution in [1.82, 2.24) is 14.6 Å². The Kier molecular flexibility index (Phi) is 2.75. The third-order valence-corrected chi connectivity index (χ3v) is 4.68. The van der Waals surface area contributed by atoms with Crippen LogP contribution in [0.15, 0.2) is 18.5 Å². The zero-order valence-corrected chi connectivity index (χ0v) is 12.1. The third-order valence-electron chi connectivity index (χ3n) is 4.68. The summed E-state index contributed by atoms with van der Waals surface area (Å²) in [5, 5.41) is 4.17. The van der Waals surface area contributed by atoms with Gasteiger partial charge in [-0.05, 0) is 25.8 Å². The van der Waals surface area contributed by atoms with Crippen LogP contribution in [0.1, 0.15) is 30.1 Å². The van der Waals surface area contributed by atoms with E-state index >= 15 is 0 Å². The molecule has 21 heavy (non-hydrogen) atoms. The Morgan fingerprint density at radius 3 is 3.10 bits per heavy atom. The summed E-state index contributed by atoms with van der Waals surface area (Å²) >= 11 is 0. The molecule has 6 heteroatoms. The lowest BCUT2D eigenvalue weighted by Crippen LogP contribution is -2.28. The van der Waals surface area contributed by atoms with Crippen LogP contribution in [0, 0.1) is 5.41 Å². The molecule has 1 spiro atoms. The Balaban J connectivity index is 1.68. The van der Waals surface area contributed by atoms with E-state index in [1.54, 1.807) is 17.6 Å². The summed E-state index contributed by atoms with van der Waals surface area (Å²) in [6.45, 7) is 5.26. The largest absolute Gasteiger partial charge is 0.381 e. The number of carbonyl (C=O) groups is 1. The molecule has 0 aromatic carbocycles. The molecule has 0 bridgehead atoms. The maximum Gasteiger partial charge on any atom is 0.168 e. The quantitative estimate of drug-likeness (QED) is 0.784. The minimum absolute atomic E-state index is 0.00302. The number of aromatic nitrogens is 3. The molecule has 2 aliphatic heterocycles. The predicted molar refractivity (Wildman–Crippen MR) is 77.7 cm³/mol. The van der Waals surface area contributed by atoms with Crippen molar-refractivity contribution in [3.05, 3.63) is 24.0 Å². The number of Topliss-reactive ketones (excluding diaryl/α,β-unsaturated/α-hetero) is 1. The number of anilines is 1. The number of ketones is 1. The molecule has 4 heterocycles. The fourth-order valence-corrected chi connectivity index (χ4v) is 3.39. The molecule has 0 radical (unpaired) electrons. The lowest BCUT2D eigenvalue weighted by Gasteiger charge is -2.22.